The molecule has 0 saturated carbocycles. The van der Waals surface area contributed by atoms with E-state index in [2.05, 4.69) is 16.0 Å². The lowest BCUT2D eigenvalue weighted by Gasteiger charge is -2.29. The molecule has 0 bridgehead atoms. The zero-order valence-electron chi connectivity index (χ0n) is 24.1. The van der Waals surface area contributed by atoms with Crippen molar-refractivity contribution in [3.8, 4) is 0 Å². The number of nitrogens with zero attached hydrogens (tertiary/aromatic N) is 1. The highest BCUT2D eigenvalue weighted by molar-refractivity contribution is 8.01. The molecule has 0 spiro atoms. The Kier molecular flexibility index (Phi) is 12.3. The molecule has 15 heteroatoms. The number of rotatable bonds is 14. The average molecular weight is 648 g/mol. The van der Waals surface area contributed by atoms with Crippen LogP contribution in [-0.4, -0.2) is 40.3 Å². The molecular formula is C30H32F3N5O6S. The number of unbranched alkanes of at least 4 members (excludes halogenated alkanes) is 1. The number of alkyl halides is 3. The first-order chi connectivity index (χ1) is 21.3. The van der Waals surface area contributed by atoms with Crippen LogP contribution in [0.25, 0.3) is 0 Å². The SMILES string of the molecule is C[C@H](NC(=O)[C@@](N)(CCCCNC(=O)OCc1ccccc1)Sc1ccc([N+](=O)[O-])cc1)C(=O)Nc1ccc(C(F)(F)F)cc1. The van der Waals surface area contributed by atoms with Crippen molar-refractivity contribution in [2.75, 3.05) is 11.9 Å². The zero-order chi connectivity index (χ0) is 33.0. The van der Waals surface area contributed by atoms with Crippen LogP contribution < -0.4 is 21.7 Å². The van der Waals surface area contributed by atoms with Gasteiger partial charge in [0.15, 0.2) is 0 Å². The summed E-state index contributed by atoms with van der Waals surface area (Å²) in [6, 6.07) is 17.3. The number of benzene rings is 3. The third-order valence-corrected chi connectivity index (χ3v) is 7.67. The number of hydrogen-bond donors (Lipinski definition) is 4. The minimum Gasteiger partial charge on any atom is -0.445 e. The Labute approximate surface area is 261 Å². The van der Waals surface area contributed by atoms with Crippen molar-refractivity contribution in [3.05, 3.63) is 100 Å². The summed E-state index contributed by atoms with van der Waals surface area (Å²) in [5, 5.41) is 18.7. The van der Waals surface area contributed by atoms with Gasteiger partial charge in [-0.3, -0.25) is 19.7 Å². The van der Waals surface area contributed by atoms with Gasteiger partial charge in [0.1, 0.15) is 17.5 Å². The number of nitro groups is 1. The maximum Gasteiger partial charge on any atom is 0.416 e. The molecule has 0 heterocycles. The fourth-order valence-electron chi connectivity index (χ4n) is 3.91. The molecule has 3 amide bonds. The summed E-state index contributed by atoms with van der Waals surface area (Å²) in [6.45, 7) is 1.73. The summed E-state index contributed by atoms with van der Waals surface area (Å²) in [7, 11) is 0. The van der Waals surface area contributed by atoms with Crippen LogP contribution in [0.1, 0.15) is 37.3 Å². The van der Waals surface area contributed by atoms with E-state index >= 15 is 0 Å². The van der Waals surface area contributed by atoms with Crippen LogP contribution in [0.5, 0.6) is 0 Å². The molecule has 0 fully saturated rings. The van der Waals surface area contributed by atoms with Crippen LogP contribution in [0.4, 0.5) is 29.3 Å². The average Bonchev–Trinajstić information content (AvgIpc) is 3.00. The van der Waals surface area contributed by atoms with Gasteiger partial charge in [-0.25, -0.2) is 4.79 Å². The number of nitrogens with one attached hydrogen (secondary N) is 3. The molecule has 0 radical (unpaired) electrons. The number of amides is 3. The normalized spacial score (nSPS) is 13.2. The second kappa shape index (κ2) is 15.9. The predicted molar refractivity (Wildman–Crippen MR) is 162 cm³/mol. The summed E-state index contributed by atoms with van der Waals surface area (Å²) >= 11 is 0.944. The summed E-state index contributed by atoms with van der Waals surface area (Å²) in [6.07, 6.45) is -4.25. The van der Waals surface area contributed by atoms with Gasteiger partial charge in [-0.2, -0.15) is 13.2 Å². The fourth-order valence-corrected chi connectivity index (χ4v) is 5.00. The number of carbonyl (C=O) groups excluding carboxylic acids is 3. The molecule has 0 aromatic heterocycles. The van der Waals surface area contributed by atoms with Gasteiger partial charge >= 0.3 is 12.3 Å². The van der Waals surface area contributed by atoms with E-state index in [4.69, 9.17) is 10.5 Å². The Morgan fingerprint density at radius 3 is 2.22 bits per heavy atom. The number of halogens is 3. The topological polar surface area (TPSA) is 166 Å². The van der Waals surface area contributed by atoms with Crippen LogP contribution >= 0.6 is 11.8 Å². The van der Waals surface area contributed by atoms with E-state index in [0.29, 0.717) is 17.7 Å². The van der Waals surface area contributed by atoms with Gasteiger partial charge in [-0.15, -0.1) is 0 Å². The molecule has 3 aromatic carbocycles. The fraction of sp³-hybridized carbons (Fsp3) is 0.300. The maximum atomic E-state index is 13.4. The molecule has 45 heavy (non-hydrogen) atoms. The highest BCUT2D eigenvalue weighted by Crippen LogP contribution is 2.34. The third kappa shape index (κ3) is 11.1. The van der Waals surface area contributed by atoms with Gasteiger partial charge in [0.25, 0.3) is 11.6 Å². The van der Waals surface area contributed by atoms with Crippen LogP contribution in [0.15, 0.2) is 83.8 Å². The maximum absolute atomic E-state index is 13.4. The Bertz CT molecular complexity index is 1460. The Balaban J connectivity index is 1.59. The number of ether oxygens (including phenoxy) is 1. The van der Waals surface area contributed by atoms with Crippen LogP contribution in [-0.2, 0) is 27.1 Å². The minimum absolute atomic E-state index is 0.0917. The number of hydrogen-bond acceptors (Lipinski definition) is 8. The van der Waals surface area contributed by atoms with Crippen molar-refractivity contribution < 1.29 is 37.2 Å². The first kappa shape index (κ1) is 34.9. The number of nitrogens with two attached hydrogens (primary N) is 1. The van der Waals surface area contributed by atoms with E-state index in [1.807, 2.05) is 30.3 Å². The number of thioether (sulfide) groups is 1. The lowest BCUT2D eigenvalue weighted by Crippen LogP contribution is -2.55. The standard InChI is InChI=1S/C30H32F3N5O6S/c1-20(26(39)37-23-11-9-22(10-12-23)30(31,32)33)36-27(40)29(34,45-25-15-13-24(14-16-25)38(42)43)17-5-6-18-35-28(41)44-19-21-7-3-2-4-8-21/h2-4,7-16,20H,5-6,17-19,34H2,1H3,(H,35,41)(H,36,40)(H,37,39)/t20-,29+/m0/s1. The van der Waals surface area contributed by atoms with Crippen molar-refractivity contribution in [2.45, 2.75) is 54.8 Å². The van der Waals surface area contributed by atoms with E-state index < -0.39 is 45.5 Å². The van der Waals surface area contributed by atoms with Gasteiger partial charge in [0.2, 0.25) is 5.91 Å². The van der Waals surface area contributed by atoms with Gasteiger partial charge in [0, 0.05) is 29.3 Å². The van der Waals surface area contributed by atoms with E-state index in [0.717, 1.165) is 41.6 Å². The molecule has 11 nitrogen and oxygen atoms in total. The molecule has 0 saturated heterocycles. The van der Waals surface area contributed by atoms with E-state index in [1.54, 1.807) is 0 Å². The van der Waals surface area contributed by atoms with Crippen molar-refractivity contribution in [1.82, 2.24) is 10.6 Å². The zero-order valence-corrected chi connectivity index (χ0v) is 25.0. The number of nitro benzene ring substituents is 1. The Morgan fingerprint density at radius 2 is 1.62 bits per heavy atom. The summed E-state index contributed by atoms with van der Waals surface area (Å²) in [5.74, 6) is -1.40. The molecule has 3 aromatic rings. The monoisotopic (exact) mass is 647 g/mol. The van der Waals surface area contributed by atoms with Gasteiger partial charge in [-0.05, 0) is 68.1 Å². The van der Waals surface area contributed by atoms with Gasteiger partial charge < -0.3 is 26.4 Å². The van der Waals surface area contributed by atoms with Crippen LogP contribution in [0, 0.1) is 10.1 Å². The molecule has 0 aliphatic heterocycles. The number of carbonyl (C=O) groups is 3. The number of alkyl carbamates (subject to hydrolysis) is 1. The molecule has 0 aliphatic rings. The number of anilines is 1. The molecule has 0 aliphatic carbocycles. The predicted octanol–water partition coefficient (Wildman–Crippen LogP) is 5.60. The summed E-state index contributed by atoms with van der Waals surface area (Å²) in [4.78, 5) is 47.4. The van der Waals surface area contributed by atoms with E-state index in [1.165, 1.54) is 31.2 Å². The molecule has 3 rings (SSSR count). The second-order valence-corrected chi connectivity index (χ2v) is 11.4. The second-order valence-electron chi connectivity index (χ2n) is 9.95. The smallest absolute Gasteiger partial charge is 0.416 e. The number of non-ortho nitro benzene ring substituents is 1. The third-order valence-electron chi connectivity index (χ3n) is 6.41. The Morgan fingerprint density at radius 1 is 0.978 bits per heavy atom. The quantitative estimate of drug-likeness (QED) is 0.0577. The first-order valence-electron chi connectivity index (χ1n) is 13.7. The molecule has 0 unspecified atom stereocenters. The van der Waals surface area contributed by atoms with Crippen molar-refractivity contribution >= 4 is 41.0 Å². The van der Waals surface area contributed by atoms with Crippen LogP contribution in [0.3, 0.4) is 0 Å². The molecule has 2 atom stereocenters. The largest absolute Gasteiger partial charge is 0.445 e. The molecule has 5 N–H and O–H groups in total. The van der Waals surface area contributed by atoms with E-state index in [9.17, 15) is 37.7 Å². The van der Waals surface area contributed by atoms with Gasteiger partial charge in [0.05, 0.1) is 10.5 Å². The lowest BCUT2D eigenvalue weighted by atomic mass is 10.1. The minimum atomic E-state index is -4.53. The van der Waals surface area contributed by atoms with Crippen molar-refractivity contribution in [3.63, 3.8) is 0 Å². The lowest BCUT2D eigenvalue weighted by molar-refractivity contribution is -0.384. The molecular weight excluding hydrogens is 615 g/mol. The first-order valence-corrected chi connectivity index (χ1v) is 14.5. The van der Waals surface area contributed by atoms with E-state index in [-0.39, 0.29) is 30.9 Å². The van der Waals surface area contributed by atoms with Crippen molar-refractivity contribution in [2.24, 2.45) is 5.73 Å². The molecule has 240 valence electrons. The van der Waals surface area contributed by atoms with Crippen molar-refractivity contribution in [1.29, 1.82) is 0 Å². The Hall–Kier alpha value is -4.63. The summed E-state index contributed by atoms with van der Waals surface area (Å²) in [5.41, 5.74) is 6.46. The summed E-state index contributed by atoms with van der Waals surface area (Å²) < 4.78 is 43.7. The highest BCUT2D eigenvalue weighted by atomic mass is 32.2. The van der Waals surface area contributed by atoms with Crippen LogP contribution in [0.2, 0.25) is 0 Å². The van der Waals surface area contributed by atoms with Gasteiger partial charge in [-0.1, -0.05) is 42.1 Å². The highest BCUT2D eigenvalue weighted by Gasteiger charge is 2.37.